The van der Waals surface area contributed by atoms with Crippen LogP contribution in [0, 0.1) is 12.7 Å². The van der Waals surface area contributed by atoms with Gasteiger partial charge < -0.3 is 9.84 Å². The number of halogens is 1. The summed E-state index contributed by atoms with van der Waals surface area (Å²) in [6.07, 6.45) is -0.0273. The Morgan fingerprint density at radius 1 is 1.16 bits per heavy atom. The molecule has 0 radical (unpaired) electrons. The van der Waals surface area contributed by atoms with Crippen molar-refractivity contribution >= 4 is 0 Å². The Kier molecular flexibility index (Phi) is 4.17. The van der Waals surface area contributed by atoms with Crippen LogP contribution in [0.4, 0.5) is 4.39 Å². The van der Waals surface area contributed by atoms with Crippen molar-refractivity contribution < 1.29 is 14.2 Å². The van der Waals surface area contributed by atoms with E-state index in [0.29, 0.717) is 17.7 Å². The molecular weight excluding hydrogens is 243 g/mol. The topological polar surface area (TPSA) is 29.5 Å². The first-order valence-corrected chi connectivity index (χ1v) is 6.32. The van der Waals surface area contributed by atoms with Crippen LogP contribution in [-0.4, -0.2) is 5.11 Å². The molecule has 0 saturated heterocycles. The minimum Gasteiger partial charge on any atom is -0.454 e. The highest BCUT2D eigenvalue weighted by Crippen LogP contribution is 2.32. The number of aliphatic hydroxyl groups excluding tert-OH is 1. The summed E-state index contributed by atoms with van der Waals surface area (Å²) in [6, 6.07) is 11.9. The van der Waals surface area contributed by atoms with E-state index in [1.54, 1.807) is 30.3 Å². The smallest absolute Gasteiger partial charge is 0.165 e. The van der Waals surface area contributed by atoms with Crippen LogP contribution in [0.3, 0.4) is 0 Å². The number of hydrogen-bond acceptors (Lipinski definition) is 2. The van der Waals surface area contributed by atoms with Gasteiger partial charge in [0.1, 0.15) is 5.75 Å². The second-order valence-electron chi connectivity index (χ2n) is 4.50. The first-order valence-electron chi connectivity index (χ1n) is 6.32. The summed E-state index contributed by atoms with van der Waals surface area (Å²) in [6.45, 7) is 3.76. The van der Waals surface area contributed by atoms with Crippen LogP contribution in [0.1, 0.15) is 30.6 Å². The Morgan fingerprint density at radius 3 is 2.63 bits per heavy atom. The second kappa shape index (κ2) is 5.85. The molecule has 0 amide bonds. The van der Waals surface area contributed by atoms with Crippen LogP contribution in [0.25, 0.3) is 0 Å². The van der Waals surface area contributed by atoms with E-state index in [9.17, 15) is 9.50 Å². The molecule has 0 aliphatic rings. The van der Waals surface area contributed by atoms with Crippen molar-refractivity contribution in [3.63, 3.8) is 0 Å². The highest BCUT2D eigenvalue weighted by atomic mass is 19.1. The van der Waals surface area contributed by atoms with E-state index in [2.05, 4.69) is 0 Å². The third kappa shape index (κ3) is 3.12. The van der Waals surface area contributed by atoms with Gasteiger partial charge in [0.2, 0.25) is 0 Å². The summed E-state index contributed by atoms with van der Waals surface area (Å²) >= 11 is 0. The van der Waals surface area contributed by atoms with Crippen molar-refractivity contribution in [2.45, 2.75) is 26.4 Å². The van der Waals surface area contributed by atoms with Crippen LogP contribution < -0.4 is 4.74 Å². The summed E-state index contributed by atoms with van der Waals surface area (Å²) in [5.74, 6) is 0.253. The Labute approximate surface area is 112 Å². The van der Waals surface area contributed by atoms with Gasteiger partial charge in [0.25, 0.3) is 0 Å². The lowest BCUT2D eigenvalue weighted by Gasteiger charge is -2.15. The van der Waals surface area contributed by atoms with Crippen LogP contribution in [0.15, 0.2) is 42.5 Å². The fourth-order valence-corrected chi connectivity index (χ4v) is 1.88. The molecule has 0 aromatic heterocycles. The largest absolute Gasteiger partial charge is 0.454 e. The van der Waals surface area contributed by atoms with E-state index in [1.165, 1.54) is 6.07 Å². The number of ether oxygens (including phenoxy) is 1. The number of aryl methyl sites for hydroxylation is 1. The molecule has 0 heterocycles. The third-order valence-electron chi connectivity index (χ3n) is 2.97. The zero-order chi connectivity index (χ0) is 13.8. The lowest BCUT2D eigenvalue weighted by Crippen LogP contribution is -1.99. The zero-order valence-corrected chi connectivity index (χ0v) is 11.1. The predicted molar refractivity (Wildman–Crippen MR) is 72.9 cm³/mol. The Morgan fingerprint density at radius 2 is 1.89 bits per heavy atom. The molecule has 0 spiro atoms. The average Bonchev–Trinajstić information content (AvgIpc) is 2.42. The van der Waals surface area contributed by atoms with Gasteiger partial charge in [-0.05, 0) is 37.1 Å². The van der Waals surface area contributed by atoms with Gasteiger partial charge >= 0.3 is 0 Å². The summed E-state index contributed by atoms with van der Waals surface area (Å²) in [5.41, 5.74) is 1.59. The highest BCUT2D eigenvalue weighted by Gasteiger charge is 2.13. The minimum atomic E-state index is -0.607. The first-order chi connectivity index (χ1) is 9.11. The molecule has 1 N–H and O–H groups in total. The molecular formula is C16H17FO2. The van der Waals surface area contributed by atoms with Crippen molar-refractivity contribution in [3.8, 4) is 11.5 Å². The summed E-state index contributed by atoms with van der Waals surface area (Å²) in [4.78, 5) is 0. The van der Waals surface area contributed by atoms with Crippen molar-refractivity contribution in [2.75, 3.05) is 0 Å². The van der Waals surface area contributed by atoms with Crippen LogP contribution in [0.2, 0.25) is 0 Å². The van der Waals surface area contributed by atoms with Gasteiger partial charge in [0.15, 0.2) is 11.6 Å². The summed E-state index contributed by atoms with van der Waals surface area (Å²) in [5, 5.41) is 9.94. The van der Waals surface area contributed by atoms with Gasteiger partial charge in [0, 0.05) is 5.56 Å². The predicted octanol–water partition coefficient (Wildman–Crippen LogP) is 4.37. The number of benzene rings is 2. The van der Waals surface area contributed by atoms with Crippen molar-refractivity contribution in [3.05, 3.63) is 59.4 Å². The summed E-state index contributed by atoms with van der Waals surface area (Å²) in [7, 11) is 0. The van der Waals surface area contributed by atoms with E-state index in [0.717, 1.165) is 5.56 Å². The average molecular weight is 260 g/mol. The minimum absolute atomic E-state index is 0.177. The van der Waals surface area contributed by atoms with Crippen LogP contribution >= 0.6 is 0 Å². The number of para-hydroxylation sites is 1. The van der Waals surface area contributed by atoms with Gasteiger partial charge in [0.05, 0.1) is 6.10 Å². The van der Waals surface area contributed by atoms with Crippen LogP contribution in [0.5, 0.6) is 11.5 Å². The molecule has 2 aromatic carbocycles. The maximum Gasteiger partial charge on any atom is 0.165 e. The SMILES string of the molecule is CCC(O)c1ccccc1Oc1cc(C)ccc1F. The first kappa shape index (κ1) is 13.6. The molecule has 19 heavy (non-hydrogen) atoms. The normalized spacial score (nSPS) is 12.2. The quantitative estimate of drug-likeness (QED) is 0.884. The Balaban J connectivity index is 2.35. The van der Waals surface area contributed by atoms with Gasteiger partial charge in [-0.15, -0.1) is 0 Å². The molecule has 0 aliphatic heterocycles. The highest BCUT2D eigenvalue weighted by molar-refractivity contribution is 5.40. The Bertz CT molecular complexity index is 566. The summed E-state index contributed by atoms with van der Waals surface area (Å²) < 4.78 is 19.3. The molecule has 2 nitrogen and oxygen atoms in total. The van der Waals surface area contributed by atoms with E-state index < -0.39 is 11.9 Å². The standard InChI is InChI=1S/C16H17FO2/c1-3-14(18)12-6-4-5-7-15(12)19-16-10-11(2)8-9-13(16)17/h4-10,14,18H,3H2,1-2H3. The van der Waals surface area contributed by atoms with E-state index in [1.807, 2.05) is 19.9 Å². The van der Waals surface area contributed by atoms with Gasteiger partial charge in [-0.1, -0.05) is 31.2 Å². The molecule has 2 aromatic rings. The molecule has 100 valence electrons. The lowest BCUT2D eigenvalue weighted by atomic mass is 10.1. The third-order valence-corrected chi connectivity index (χ3v) is 2.97. The lowest BCUT2D eigenvalue weighted by molar-refractivity contribution is 0.170. The van der Waals surface area contributed by atoms with Gasteiger partial charge in [-0.3, -0.25) is 0 Å². The number of hydrogen-bond donors (Lipinski definition) is 1. The number of aliphatic hydroxyl groups is 1. The fourth-order valence-electron chi connectivity index (χ4n) is 1.88. The van der Waals surface area contributed by atoms with E-state index in [4.69, 9.17) is 4.74 Å². The van der Waals surface area contributed by atoms with Gasteiger partial charge in [-0.2, -0.15) is 0 Å². The molecule has 0 fully saturated rings. The fraction of sp³-hybridized carbons (Fsp3) is 0.250. The maximum absolute atomic E-state index is 13.7. The van der Waals surface area contributed by atoms with Gasteiger partial charge in [-0.25, -0.2) is 4.39 Å². The molecule has 1 unspecified atom stereocenters. The maximum atomic E-state index is 13.7. The molecule has 0 aliphatic carbocycles. The molecule has 2 rings (SSSR count). The molecule has 0 bridgehead atoms. The zero-order valence-electron chi connectivity index (χ0n) is 11.1. The molecule has 0 saturated carbocycles. The molecule has 3 heteroatoms. The van der Waals surface area contributed by atoms with E-state index in [-0.39, 0.29) is 5.75 Å². The second-order valence-corrected chi connectivity index (χ2v) is 4.50. The van der Waals surface area contributed by atoms with Crippen molar-refractivity contribution in [1.82, 2.24) is 0 Å². The van der Waals surface area contributed by atoms with Crippen molar-refractivity contribution in [1.29, 1.82) is 0 Å². The monoisotopic (exact) mass is 260 g/mol. The van der Waals surface area contributed by atoms with Crippen molar-refractivity contribution in [2.24, 2.45) is 0 Å². The molecule has 1 atom stereocenters. The Hall–Kier alpha value is -1.87. The van der Waals surface area contributed by atoms with Crippen LogP contribution in [-0.2, 0) is 0 Å². The number of rotatable bonds is 4. The van der Waals surface area contributed by atoms with E-state index >= 15 is 0 Å².